The van der Waals surface area contributed by atoms with Crippen LogP contribution in [0.1, 0.15) is 0 Å². The Morgan fingerprint density at radius 1 is 0.759 bits per heavy atom. The summed E-state index contributed by atoms with van der Waals surface area (Å²) >= 11 is 5.98. The highest BCUT2D eigenvalue weighted by molar-refractivity contribution is 6.30. The summed E-state index contributed by atoms with van der Waals surface area (Å²) in [6.45, 7) is 0. The molecule has 0 fully saturated rings. The summed E-state index contributed by atoms with van der Waals surface area (Å²) < 4.78 is 0. The largest absolute Gasteiger partial charge is 0.345 e. The van der Waals surface area contributed by atoms with Gasteiger partial charge >= 0.3 is 0 Å². The van der Waals surface area contributed by atoms with Crippen molar-refractivity contribution in [1.29, 1.82) is 0 Å². The molecule has 29 heavy (non-hydrogen) atoms. The van der Waals surface area contributed by atoms with Crippen LogP contribution in [0.4, 0.5) is 11.5 Å². The molecule has 0 spiro atoms. The number of imidazole rings is 1. The number of aromatic nitrogens is 4. The van der Waals surface area contributed by atoms with Crippen molar-refractivity contribution in [3.8, 4) is 22.6 Å². The molecule has 0 aliphatic carbocycles. The fourth-order valence-corrected chi connectivity index (χ4v) is 3.41. The molecular formula is C23H16ClN5. The Bertz CT molecular complexity index is 1260. The zero-order valence-electron chi connectivity index (χ0n) is 15.3. The van der Waals surface area contributed by atoms with Crippen LogP contribution < -0.4 is 5.32 Å². The molecule has 2 aromatic heterocycles. The van der Waals surface area contributed by atoms with Gasteiger partial charge in [0.2, 0.25) is 0 Å². The van der Waals surface area contributed by atoms with Crippen molar-refractivity contribution in [2.75, 3.05) is 5.32 Å². The summed E-state index contributed by atoms with van der Waals surface area (Å²) in [5.74, 6) is 1.55. The lowest BCUT2D eigenvalue weighted by Gasteiger charge is -2.11. The third-order valence-electron chi connectivity index (χ3n) is 4.72. The number of benzene rings is 3. The Labute approximate surface area is 172 Å². The van der Waals surface area contributed by atoms with Crippen molar-refractivity contribution in [2.45, 2.75) is 0 Å². The van der Waals surface area contributed by atoms with Gasteiger partial charge in [0.15, 0.2) is 5.82 Å². The molecular weight excluding hydrogens is 382 g/mol. The first-order chi connectivity index (χ1) is 14.3. The van der Waals surface area contributed by atoms with Gasteiger partial charge in [-0.15, -0.1) is 10.2 Å². The lowest BCUT2D eigenvalue weighted by molar-refractivity contribution is 1.06. The van der Waals surface area contributed by atoms with Crippen LogP contribution in [0.25, 0.3) is 33.4 Å². The van der Waals surface area contributed by atoms with Crippen molar-refractivity contribution in [3.63, 3.8) is 0 Å². The van der Waals surface area contributed by atoms with Gasteiger partial charge in [0.1, 0.15) is 11.5 Å². The van der Waals surface area contributed by atoms with Crippen molar-refractivity contribution >= 4 is 33.9 Å². The lowest BCUT2D eigenvalue weighted by Crippen LogP contribution is -1.99. The zero-order valence-corrected chi connectivity index (χ0v) is 16.1. The van der Waals surface area contributed by atoms with E-state index >= 15 is 0 Å². The number of nitrogens with zero attached hydrogens (tertiary/aromatic N) is 3. The van der Waals surface area contributed by atoms with E-state index in [9.17, 15) is 0 Å². The van der Waals surface area contributed by atoms with Crippen molar-refractivity contribution in [1.82, 2.24) is 20.2 Å². The van der Waals surface area contributed by atoms with Gasteiger partial charge < -0.3 is 10.3 Å². The van der Waals surface area contributed by atoms with Crippen LogP contribution in [0.2, 0.25) is 5.02 Å². The first-order valence-electron chi connectivity index (χ1n) is 9.16. The standard InChI is InChI=1S/C23H16ClN5/c24-17-9-11-18(12-10-17)27-23-20-4-2-1-3-19(20)21(28-29-23)15-5-7-16(8-6-15)22-25-13-14-26-22/h1-14H,(H,25,26)(H,27,29). The summed E-state index contributed by atoms with van der Waals surface area (Å²) in [7, 11) is 0. The number of nitrogens with one attached hydrogen (secondary N) is 2. The van der Waals surface area contributed by atoms with Crippen molar-refractivity contribution < 1.29 is 0 Å². The van der Waals surface area contributed by atoms with Crippen LogP contribution in [0.15, 0.2) is 85.2 Å². The van der Waals surface area contributed by atoms with Crippen LogP contribution >= 0.6 is 11.6 Å². The van der Waals surface area contributed by atoms with Crippen molar-refractivity contribution in [2.24, 2.45) is 0 Å². The number of aromatic amines is 1. The summed E-state index contributed by atoms with van der Waals surface area (Å²) in [4.78, 5) is 7.42. The van der Waals surface area contributed by atoms with Gasteiger partial charge in [0.05, 0.1) is 0 Å². The Kier molecular flexibility index (Phi) is 4.42. The maximum atomic E-state index is 5.98. The van der Waals surface area contributed by atoms with E-state index in [1.165, 1.54) is 0 Å². The molecule has 6 heteroatoms. The second-order valence-electron chi connectivity index (χ2n) is 6.59. The first-order valence-corrected chi connectivity index (χ1v) is 9.54. The first kappa shape index (κ1) is 17.4. The second-order valence-corrected chi connectivity index (χ2v) is 7.03. The smallest absolute Gasteiger partial charge is 0.161 e. The molecule has 0 amide bonds. The van der Waals surface area contributed by atoms with Crippen LogP contribution in [0, 0.1) is 0 Å². The number of H-pyrrole nitrogens is 1. The van der Waals surface area contributed by atoms with E-state index in [1.54, 1.807) is 6.20 Å². The van der Waals surface area contributed by atoms with Crippen molar-refractivity contribution in [3.05, 3.63) is 90.2 Å². The minimum Gasteiger partial charge on any atom is -0.345 e. The Morgan fingerprint density at radius 3 is 2.21 bits per heavy atom. The van der Waals surface area contributed by atoms with Gasteiger partial charge in [-0.1, -0.05) is 60.1 Å². The molecule has 140 valence electrons. The van der Waals surface area contributed by atoms with Gasteiger partial charge in [-0.2, -0.15) is 0 Å². The molecule has 0 aliphatic heterocycles. The van der Waals surface area contributed by atoms with Crippen LogP contribution in [-0.2, 0) is 0 Å². The SMILES string of the molecule is Clc1ccc(Nc2nnc(-c3ccc(-c4ncc[nH]4)cc3)c3ccccc23)cc1. The average Bonchev–Trinajstić information content (AvgIpc) is 3.31. The predicted octanol–water partition coefficient (Wildman–Crippen LogP) is 6.08. The molecule has 5 aromatic rings. The predicted molar refractivity (Wildman–Crippen MR) is 117 cm³/mol. The minimum atomic E-state index is 0.694. The molecule has 0 saturated heterocycles. The van der Waals surface area contributed by atoms with E-state index in [2.05, 4.69) is 31.5 Å². The third kappa shape index (κ3) is 3.44. The fourth-order valence-electron chi connectivity index (χ4n) is 3.29. The molecule has 2 heterocycles. The molecule has 0 radical (unpaired) electrons. The highest BCUT2D eigenvalue weighted by atomic mass is 35.5. The second kappa shape index (κ2) is 7.37. The zero-order chi connectivity index (χ0) is 19.6. The number of halogens is 1. The Hall–Kier alpha value is -3.70. The van der Waals surface area contributed by atoms with Gasteiger partial charge in [0, 0.05) is 45.0 Å². The van der Waals surface area contributed by atoms with Gasteiger partial charge in [-0.25, -0.2) is 4.98 Å². The lowest BCUT2D eigenvalue weighted by atomic mass is 10.0. The Morgan fingerprint density at radius 2 is 1.48 bits per heavy atom. The summed E-state index contributed by atoms with van der Waals surface area (Å²) in [5, 5.41) is 15.0. The number of rotatable bonds is 4. The molecule has 5 rings (SSSR count). The minimum absolute atomic E-state index is 0.694. The fraction of sp³-hybridized carbons (Fsp3) is 0. The normalized spacial score (nSPS) is 10.9. The van der Waals surface area contributed by atoms with Crippen LogP contribution in [0.3, 0.4) is 0 Å². The number of hydrogen-bond acceptors (Lipinski definition) is 4. The molecule has 3 aromatic carbocycles. The topological polar surface area (TPSA) is 66.5 Å². The van der Waals surface area contributed by atoms with Gasteiger partial charge in [-0.05, 0) is 24.3 Å². The number of fused-ring (bicyclic) bond motifs is 1. The maximum Gasteiger partial charge on any atom is 0.161 e. The summed E-state index contributed by atoms with van der Waals surface area (Å²) in [6.07, 6.45) is 3.56. The third-order valence-corrected chi connectivity index (χ3v) is 4.98. The van der Waals surface area contributed by atoms with Gasteiger partial charge in [-0.3, -0.25) is 0 Å². The van der Waals surface area contributed by atoms with E-state index < -0.39 is 0 Å². The van der Waals surface area contributed by atoms with E-state index in [0.29, 0.717) is 10.8 Å². The highest BCUT2D eigenvalue weighted by Crippen LogP contribution is 2.32. The molecule has 0 unspecified atom stereocenters. The molecule has 5 nitrogen and oxygen atoms in total. The maximum absolute atomic E-state index is 5.98. The molecule has 0 bridgehead atoms. The molecule has 0 aliphatic rings. The van der Waals surface area contributed by atoms with Crippen LogP contribution in [-0.4, -0.2) is 20.2 Å². The highest BCUT2D eigenvalue weighted by Gasteiger charge is 2.11. The molecule has 0 saturated carbocycles. The van der Waals surface area contributed by atoms with E-state index in [0.717, 1.165) is 39.1 Å². The average molecular weight is 398 g/mol. The molecule has 2 N–H and O–H groups in total. The summed E-state index contributed by atoms with van der Waals surface area (Å²) in [5.41, 5.74) is 3.77. The monoisotopic (exact) mass is 397 g/mol. The van der Waals surface area contributed by atoms with E-state index in [4.69, 9.17) is 11.6 Å². The number of hydrogen-bond donors (Lipinski definition) is 2. The molecule has 0 atom stereocenters. The Balaban J connectivity index is 1.54. The number of anilines is 2. The summed E-state index contributed by atoms with van der Waals surface area (Å²) in [6, 6.07) is 23.8. The van der Waals surface area contributed by atoms with E-state index in [-0.39, 0.29) is 0 Å². The van der Waals surface area contributed by atoms with E-state index in [1.807, 2.05) is 72.9 Å². The van der Waals surface area contributed by atoms with Crippen LogP contribution in [0.5, 0.6) is 0 Å². The van der Waals surface area contributed by atoms with Gasteiger partial charge in [0.25, 0.3) is 0 Å². The quantitative estimate of drug-likeness (QED) is 0.385.